The molecule has 1 aliphatic heterocycles. The molecule has 2 bridgehead atoms. The fraction of sp³-hybridized carbons (Fsp3) is 0.750. The van der Waals surface area contributed by atoms with Gasteiger partial charge in [0.25, 0.3) is 0 Å². The van der Waals surface area contributed by atoms with Crippen LogP contribution in [-0.2, 0) is 25.3 Å². The molecule has 1 aromatic carbocycles. The number of aryl methyl sites for hydroxylation is 1. The Morgan fingerprint density at radius 2 is 1.85 bits per heavy atom. The molecule has 5 aliphatic rings. The van der Waals surface area contributed by atoms with Crippen molar-refractivity contribution < 1.29 is 18.9 Å². The van der Waals surface area contributed by atoms with Crippen molar-refractivity contribution in [3.8, 4) is 0 Å². The summed E-state index contributed by atoms with van der Waals surface area (Å²) in [6.45, 7) is 15.4. The van der Waals surface area contributed by atoms with Crippen LogP contribution in [0.1, 0.15) is 104 Å². The van der Waals surface area contributed by atoms with E-state index in [9.17, 15) is 9.59 Å². The molecule has 0 radical (unpaired) electrons. The minimum absolute atomic E-state index is 0.00557. The van der Waals surface area contributed by atoms with Crippen molar-refractivity contribution in [2.24, 2.45) is 29.1 Å². The van der Waals surface area contributed by atoms with E-state index >= 15 is 0 Å². The van der Waals surface area contributed by atoms with Crippen LogP contribution in [0.3, 0.4) is 0 Å². The van der Waals surface area contributed by atoms with Crippen molar-refractivity contribution in [2.45, 2.75) is 123 Å². The van der Waals surface area contributed by atoms with E-state index in [-0.39, 0.29) is 46.7 Å². The minimum atomic E-state index is -0.600. The highest BCUT2D eigenvalue weighted by molar-refractivity contribution is 6.48. The van der Waals surface area contributed by atoms with Gasteiger partial charge in [-0.25, -0.2) is 0 Å². The smallest absolute Gasteiger partial charge is 0.404 e. The van der Waals surface area contributed by atoms with Gasteiger partial charge in [-0.15, -0.1) is 0 Å². The van der Waals surface area contributed by atoms with Gasteiger partial charge in [0.1, 0.15) is 6.04 Å². The third-order valence-corrected chi connectivity index (χ3v) is 10.8. The quantitative estimate of drug-likeness (QED) is 0.413. The summed E-state index contributed by atoms with van der Waals surface area (Å²) in [5, 5.41) is 6.48. The molecule has 1 heterocycles. The Labute approximate surface area is 235 Å². The second-order valence-electron chi connectivity index (χ2n) is 14.1. The minimum Gasteiger partial charge on any atom is -0.404 e. The first-order chi connectivity index (χ1) is 18.5. The maximum absolute atomic E-state index is 13.9. The zero-order chi connectivity index (χ0) is 28.1. The molecular weight excluding hydrogens is 487 g/mol. The first kappa shape index (κ1) is 28.7. The fourth-order valence-corrected chi connectivity index (χ4v) is 8.07. The molecule has 0 spiro atoms. The molecule has 4 fully saturated rings. The molecule has 2 amide bonds. The van der Waals surface area contributed by atoms with Gasteiger partial charge in [-0.1, -0.05) is 72.2 Å². The molecule has 39 heavy (non-hydrogen) atoms. The zero-order valence-electron chi connectivity index (χ0n) is 25.1. The van der Waals surface area contributed by atoms with Gasteiger partial charge in [0.2, 0.25) is 11.8 Å². The van der Waals surface area contributed by atoms with E-state index in [0.29, 0.717) is 17.8 Å². The molecule has 6 nitrogen and oxygen atoms in total. The lowest BCUT2D eigenvalue weighted by molar-refractivity contribution is -0.199. The second-order valence-corrected chi connectivity index (χ2v) is 14.1. The van der Waals surface area contributed by atoms with Crippen molar-refractivity contribution in [3.05, 3.63) is 35.4 Å². The van der Waals surface area contributed by atoms with Gasteiger partial charge in [-0.3, -0.25) is 9.59 Å². The van der Waals surface area contributed by atoms with Crippen LogP contribution in [-0.4, -0.2) is 42.6 Å². The van der Waals surface area contributed by atoms with E-state index in [1.54, 1.807) is 0 Å². The molecular formula is C32H49BN2O4. The number of hydrogen-bond acceptors (Lipinski definition) is 4. The number of rotatable bonds is 9. The van der Waals surface area contributed by atoms with Crippen LogP contribution in [0, 0.1) is 29.1 Å². The predicted octanol–water partition coefficient (Wildman–Crippen LogP) is 5.44. The first-order valence-corrected chi connectivity index (χ1v) is 15.5. The van der Waals surface area contributed by atoms with Crippen LogP contribution in [0.2, 0.25) is 0 Å². The third-order valence-electron chi connectivity index (χ3n) is 10.8. The summed E-state index contributed by atoms with van der Waals surface area (Å²) < 4.78 is 13.3. The molecule has 1 unspecified atom stereocenters. The van der Waals surface area contributed by atoms with Crippen LogP contribution < -0.4 is 10.6 Å². The Balaban J connectivity index is 1.31. The third kappa shape index (κ3) is 5.19. The van der Waals surface area contributed by atoms with Gasteiger partial charge >= 0.3 is 7.12 Å². The summed E-state index contributed by atoms with van der Waals surface area (Å²) in [7, 11) is -0.472. The van der Waals surface area contributed by atoms with Crippen molar-refractivity contribution in [3.63, 3.8) is 0 Å². The molecule has 1 saturated heterocycles. The maximum Gasteiger partial charge on any atom is 0.481 e. The first-order valence-electron chi connectivity index (χ1n) is 15.5. The van der Waals surface area contributed by atoms with Gasteiger partial charge in [0.05, 0.1) is 23.6 Å². The largest absolute Gasteiger partial charge is 0.481 e. The average molecular weight is 537 g/mol. The Morgan fingerprint density at radius 3 is 2.54 bits per heavy atom. The van der Waals surface area contributed by atoms with Gasteiger partial charge in [-0.05, 0) is 85.7 Å². The standard InChI is InChI=1S/C32H49BN2O4/c1-8-20(4)28(35-29(36)24-15-11-13-21-12-9-10-14-23(21)24)30(37)34-27(16-19(2)3)33-38-26-18-22-17-25(31(22,5)6)32(26,7)39-33/h9-10,12,14,19-20,22,24-28H,8,11,13,15-18H2,1-7H3,(H,34,37)(H,35,36)/t20-,22-,24?,25-,26+,27-,28-,32-/m0/s1. The lowest BCUT2D eigenvalue weighted by Gasteiger charge is -2.64. The normalized spacial score (nSPS) is 32.9. The van der Waals surface area contributed by atoms with Crippen LogP contribution >= 0.6 is 0 Å². The number of nitrogens with one attached hydrogen (secondary N) is 2. The summed E-state index contributed by atoms with van der Waals surface area (Å²) in [6, 6.07) is 7.63. The van der Waals surface area contributed by atoms with Gasteiger partial charge < -0.3 is 19.9 Å². The molecule has 7 heteroatoms. The van der Waals surface area contributed by atoms with Crippen LogP contribution in [0.15, 0.2) is 24.3 Å². The number of fused-ring (bicyclic) bond motifs is 1. The molecule has 8 atom stereocenters. The number of hydrogen-bond donors (Lipinski definition) is 2. The van der Waals surface area contributed by atoms with Crippen molar-refractivity contribution >= 4 is 18.9 Å². The lowest BCUT2D eigenvalue weighted by atomic mass is 9.43. The number of carbonyl (C=O) groups excluding carboxylic acids is 2. The molecule has 3 saturated carbocycles. The molecule has 1 aromatic rings. The summed E-state index contributed by atoms with van der Waals surface area (Å²) in [5.41, 5.74) is 2.30. The summed E-state index contributed by atoms with van der Waals surface area (Å²) >= 11 is 0. The van der Waals surface area contributed by atoms with Crippen LogP contribution in [0.25, 0.3) is 0 Å². The van der Waals surface area contributed by atoms with Crippen molar-refractivity contribution in [2.75, 3.05) is 0 Å². The monoisotopic (exact) mass is 536 g/mol. The Bertz CT molecular complexity index is 1080. The van der Waals surface area contributed by atoms with Gasteiger partial charge in [0, 0.05) is 0 Å². The molecule has 2 N–H and O–H groups in total. The predicted molar refractivity (Wildman–Crippen MR) is 155 cm³/mol. The average Bonchev–Trinajstić information content (AvgIpc) is 3.27. The topological polar surface area (TPSA) is 76.7 Å². The highest BCUT2D eigenvalue weighted by Gasteiger charge is 2.68. The summed E-state index contributed by atoms with van der Waals surface area (Å²) in [6.07, 6.45) is 6.65. The Kier molecular flexibility index (Phi) is 7.98. The molecule has 0 aromatic heterocycles. The van der Waals surface area contributed by atoms with Crippen LogP contribution in [0.4, 0.5) is 0 Å². The highest BCUT2D eigenvalue weighted by Crippen LogP contribution is 2.65. The van der Waals surface area contributed by atoms with E-state index in [1.165, 1.54) is 12.0 Å². The summed E-state index contributed by atoms with van der Waals surface area (Å²) in [4.78, 5) is 27.5. The van der Waals surface area contributed by atoms with Crippen molar-refractivity contribution in [1.29, 1.82) is 0 Å². The number of benzene rings is 1. The Morgan fingerprint density at radius 1 is 1.10 bits per heavy atom. The SMILES string of the molecule is CC[C@H](C)[C@H](NC(=O)C1CCCc2ccccc21)C(=O)N[C@@H](CC(C)C)B1O[C@@H]2C[C@@H]3C[C@@H](C3(C)C)[C@]2(C)O1. The fourth-order valence-electron chi connectivity index (χ4n) is 8.07. The van der Waals surface area contributed by atoms with Gasteiger partial charge in [0.15, 0.2) is 0 Å². The van der Waals surface area contributed by atoms with E-state index in [4.69, 9.17) is 9.31 Å². The van der Waals surface area contributed by atoms with E-state index in [1.807, 2.05) is 19.1 Å². The van der Waals surface area contributed by atoms with E-state index in [2.05, 4.69) is 64.3 Å². The van der Waals surface area contributed by atoms with E-state index < -0.39 is 13.2 Å². The Hall–Kier alpha value is -1.86. The lowest BCUT2D eigenvalue weighted by Crippen LogP contribution is -2.65. The highest BCUT2D eigenvalue weighted by atomic mass is 16.7. The van der Waals surface area contributed by atoms with Crippen LogP contribution in [0.5, 0.6) is 0 Å². The zero-order valence-corrected chi connectivity index (χ0v) is 25.1. The molecule has 4 aliphatic carbocycles. The molecule has 6 rings (SSSR count). The number of amides is 2. The number of carbonyl (C=O) groups is 2. The molecule has 214 valence electrons. The van der Waals surface area contributed by atoms with Gasteiger partial charge in [-0.2, -0.15) is 0 Å². The van der Waals surface area contributed by atoms with Crippen molar-refractivity contribution in [1.82, 2.24) is 10.6 Å². The second kappa shape index (κ2) is 10.9. The summed E-state index contributed by atoms with van der Waals surface area (Å²) in [5.74, 6) is 0.862. The van der Waals surface area contributed by atoms with E-state index in [0.717, 1.165) is 44.1 Å². The maximum atomic E-state index is 13.9.